The molecule has 0 fully saturated rings. The second-order valence-electron chi connectivity index (χ2n) is 6.30. The summed E-state index contributed by atoms with van der Waals surface area (Å²) in [5.41, 5.74) is 0.948. The van der Waals surface area contributed by atoms with Gasteiger partial charge in [0.15, 0.2) is 0 Å². The van der Waals surface area contributed by atoms with Crippen molar-refractivity contribution in [1.29, 1.82) is 5.26 Å². The molecular formula is C21H19N3O3S2. The van der Waals surface area contributed by atoms with Crippen LogP contribution in [0.4, 0.5) is 0 Å². The van der Waals surface area contributed by atoms with Gasteiger partial charge in [-0.15, -0.1) is 11.3 Å². The van der Waals surface area contributed by atoms with Gasteiger partial charge < -0.3 is 5.32 Å². The fourth-order valence-electron chi connectivity index (χ4n) is 2.87. The topological polar surface area (TPSA) is 90.3 Å². The molecule has 3 rings (SSSR count). The van der Waals surface area contributed by atoms with Crippen molar-refractivity contribution >= 4 is 27.3 Å². The van der Waals surface area contributed by atoms with Gasteiger partial charge in [0.2, 0.25) is 15.9 Å². The van der Waals surface area contributed by atoms with E-state index in [1.807, 2.05) is 53.9 Å². The van der Waals surface area contributed by atoms with E-state index in [0.717, 1.165) is 14.7 Å². The van der Waals surface area contributed by atoms with Crippen molar-refractivity contribution in [1.82, 2.24) is 9.62 Å². The lowest BCUT2D eigenvalue weighted by molar-refractivity contribution is -0.121. The standard InChI is InChI=1S/C21H19N3O3S2/c1-24(29(26,27)19-12-6-5-10-17(19)14-22)15-20(25)23-21(18-11-7-13-28-18)16-8-3-2-4-9-16/h2-13,21H,15H2,1H3,(H,23,25)/t21-/m1/s1. The van der Waals surface area contributed by atoms with E-state index >= 15 is 0 Å². The molecule has 0 unspecified atom stereocenters. The third-order valence-corrected chi connectivity index (χ3v) is 7.13. The summed E-state index contributed by atoms with van der Waals surface area (Å²) in [4.78, 5) is 13.5. The van der Waals surface area contributed by atoms with Gasteiger partial charge in [0.25, 0.3) is 0 Å². The van der Waals surface area contributed by atoms with E-state index in [1.54, 1.807) is 12.1 Å². The molecule has 8 heteroatoms. The fraction of sp³-hybridized carbons (Fsp3) is 0.143. The maximum absolute atomic E-state index is 12.8. The summed E-state index contributed by atoms with van der Waals surface area (Å²) in [5.74, 6) is -0.437. The van der Waals surface area contributed by atoms with Crippen LogP contribution in [-0.4, -0.2) is 32.2 Å². The Labute approximate surface area is 174 Å². The summed E-state index contributed by atoms with van der Waals surface area (Å²) < 4.78 is 26.6. The molecule has 3 aromatic rings. The van der Waals surface area contributed by atoms with Crippen LogP contribution in [0.3, 0.4) is 0 Å². The zero-order chi connectivity index (χ0) is 20.9. The van der Waals surface area contributed by atoms with E-state index in [9.17, 15) is 18.5 Å². The molecular weight excluding hydrogens is 406 g/mol. The number of nitriles is 1. The Balaban J connectivity index is 1.79. The van der Waals surface area contributed by atoms with Gasteiger partial charge in [-0.05, 0) is 29.1 Å². The number of thiophene rings is 1. The normalized spacial score (nSPS) is 12.3. The highest BCUT2D eigenvalue weighted by atomic mass is 32.2. The Hall–Kier alpha value is -2.99. The highest BCUT2D eigenvalue weighted by Gasteiger charge is 2.27. The van der Waals surface area contributed by atoms with Crippen molar-refractivity contribution in [2.75, 3.05) is 13.6 Å². The van der Waals surface area contributed by atoms with Crippen LogP contribution >= 0.6 is 11.3 Å². The monoisotopic (exact) mass is 425 g/mol. The van der Waals surface area contributed by atoms with E-state index in [2.05, 4.69) is 5.32 Å². The van der Waals surface area contributed by atoms with Crippen LogP contribution in [0.15, 0.2) is 77.0 Å². The minimum absolute atomic E-state index is 0.0421. The quantitative estimate of drug-likeness (QED) is 0.630. The van der Waals surface area contributed by atoms with Gasteiger partial charge in [0.1, 0.15) is 6.07 Å². The SMILES string of the molecule is CN(CC(=O)N[C@H](c1ccccc1)c1cccs1)S(=O)(=O)c1ccccc1C#N. The van der Waals surface area contributed by atoms with Crippen molar-refractivity contribution in [3.63, 3.8) is 0 Å². The van der Waals surface area contributed by atoms with Crippen molar-refractivity contribution in [2.45, 2.75) is 10.9 Å². The molecule has 1 amide bonds. The lowest BCUT2D eigenvalue weighted by Crippen LogP contribution is -2.40. The first kappa shape index (κ1) is 20.7. The highest BCUT2D eigenvalue weighted by molar-refractivity contribution is 7.89. The summed E-state index contributed by atoms with van der Waals surface area (Å²) in [6.45, 7) is -0.364. The average molecular weight is 426 g/mol. The molecule has 0 aliphatic rings. The van der Waals surface area contributed by atoms with Crippen LogP contribution in [0.2, 0.25) is 0 Å². The minimum atomic E-state index is -3.98. The molecule has 29 heavy (non-hydrogen) atoms. The van der Waals surface area contributed by atoms with Gasteiger partial charge in [0.05, 0.1) is 23.0 Å². The van der Waals surface area contributed by atoms with Crippen LogP contribution in [0, 0.1) is 11.3 Å². The number of carbonyl (C=O) groups excluding carboxylic acids is 1. The van der Waals surface area contributed by atoms with Crippen molar-refractivity contribution < 1.29 is 13.2 Å². The Bertz CT molecular complexity index is 1120. The number of likely N-dealkylation sites (N-methyl/N-ethyl adjacent to an activating group) is 1. The van der Waals surface area contributed by atoms with Crippen molar-refractivity contribution in [2.24, 2.45) is 0 Å². The van der Waals surface area contributed by atoms with E-state index in [1.165, 1.54) is 30.5 Å². The van der Waals surface area contributed by atoms with Gasteiger partial charge in [-0.1, -0.05) is 48.5 Å². The zero-order valence-corrected chi connectivity index (χ0v) is 17.3. The Morgan fingerprint density at radius 1 is 1.10 bits per heavy atom. The molecule has 0 saturated heterocycles. The van der Waals surface area contributed by atoms with Crippen molar-refractivity contribution in [3.05, 3.63) is 88.1 Å². The van der Waals surface area contributed by atoms with Crippen molar-refractivity contribution in [3.8, 4) is 6.07 Å². The second kappa shape index (κ2) is 9.01. The maximum Gasteiger partial charge on any atom is 0.244 e. The largest absolute Gasteiger partial charge is 0.343 e. The first-order chi connectivity index (χ1) is 13.9. The molecule has 2 aromatic carbocycles. The number of sulfonamides is 1. The molecule has 0 aliphatic carbocycles. The summed E-state index contributed by atoms with van der Waals surface area (Å²) in [5, 5.41) is 14.0. The molecule has 0 saturated carbocycles. The lowest BCUT2D eigenvalue weighted by atomic mass is 10.1. The zero-order valence-electron chi connectivity index (χ0n) is 15.6. The number of carbonyl (C=O) groups is 1. The molecule has 1 N–H and O–H groups in total. The first-order valence-corrected chi connectivity index (χ1v) is 11.1. The number of amides is 1. The second-order valence-corrected chi connectivity index (χ2v) is 9.29. The van der Waals surface area contributed by atoms with Crippen LogP contribution < -0.4 is 5.32 Å². The summed E-state index contributed by atoms with van der Waals surface area (Å²) in [7, 11) is -2.65. The highest BCUT2D eigenvalue weighted by Crippen LogP contribution is 2.26. The number of nitrogens with zero attached hydrogens (tertiary/aromatic N) is 2. The number of hydrogen-bond acceptors (Lipinski definition) is 5. The summed E-state index contributed by atoms with van der Waals surface area (Å²) in [6.07, 6.45) is 0. The van der Waals surface area contributed by atoms with E-state index in [4.69, 9.17) is 0 Å². The van der Waals surface area contributed by atoms with E-state index in [-0.39, 0.29) is 23.0 Å². The third-order valence-electron chi connectivity index (χ3n) is 4.33. The Kier molecular flexibility index (Phi) is 6.44. The Morgan fingerprint density at radius 2 is 1.79 bits per heavy atom. The van der Waals surface area contributed by atoms with Crippen LogP contribution in [0.1, 0.15) is 22.0 Å². The third kappa shape index (κ3) is 4.71. The minimum Gasteiger partial charge on any atom is -0.343 e. The molecule has 6 nitrogen and oxygen atoms in total. The number of nitrogens with one attached hydrogen (secondary N) is 1. The predicted octanol–water partition coefficient (Wildman–Crippen LogP) is 3.15. The fourth-order valence-corrected chi connectivity index (χ4v) is 4.93. The molecule has 1 atom stereocenters. The molecule has 0 radical (unpaired) electrons. The van der Waals surface area contributed by atoms with E-state index < -0.39 is 15.9 Å². The number of hydrogen-bond donors (Lipinski definition) is 1. The average Bonchev–Trinajstić information content (AvgIpc) is 3.27. The molecule has 0 bridgehead atoms. The molecule has 1 heterocycles. The lowest BCUT2D eigenvalue weighted by Gasteiger charge is -2.21. The number of benzene rings is 2. The molecule has 1 aromatic heterocycles. The van der Waals surface area contributed by atoms with Gasteiger partial charge in [-0.3, -0.25) is 4.79 Å². The van der Waals surface area contributed by atoms with Crippen LogP contribution in [-0.2, 0) is 14.8 Å². The first-order valence-electron chi connectivity index (χ1n) is 8.76. The smallest absolute Gasteiger partial charge is 0.244 e. The predicted molar refractivity (Wildman–Crippen MR) is 112 cm³/mol. The van der Waals surface area contributed by atoms with Gasteiger partial charge in [-0.2, -0.15) is 9.57 Å². The van der Waals surface area contributed by atoms with Crippen LogP contribution in [0.5, 0.6) is 0 Å². The van der Waals surface area contributed by atoms with Gasteiger partial charge in [-0.25, -0.2) is 8.42 Å². The molecule has 148 valence electrons. The Morgan fingerprint density at radius 3 is 2.45 bits per heavy atom. The summed E-state index contributed by atoms with van der Waals surface area (Å²) in [6, 6.07) is 20.8. The maximum atomic E-state index is 12.8. The summed E-state index contributed by atoms with van der Waals surface area (Å²) >= 11 is 1.51. The number of rotatable bonds is 7. The van der Waals surface area contributed by atoms with E-state index in [0.29, 0.717) is 0 Å². The van der Waals surface area contributed by atoms with Gasteiger partial charge in [0, 0.05) is 11.9 Å². The molecule has 0 spiro atoms. The molecule has 0 aliphatic heterocycles. The van der Waals surface area contributed by atoms with Gasteiger partial charge >= 0.3 is 0 Å². The van der Waals surface area contributed by atoms with Crippen LogP contribution in [0.25, 0.3) is 0 Å².